The van der Waals surface area contributed by atoms with Gasteiger partial charge in [-0.3, -0.25) is 9.89 Å². The minimum absolute atomic E-state index is 0.0304. The Morgan fingerprint density at radius 1 is 1.29 bits per heavy atom. The Hall–Kier alpha value is -2.83. The maximum atomic E-state index is 12.5. The average Bonchev–Trinajstić information content (AvgIpc) is 3.33. The van der Waals surface area contributed by atoms with Crippen LogP contribution in [0, 0.1) is 5.41 Å². The molecule has 0 spiro atoms. The number of nitrogens with zero attached hydrogens (tertiary/aromatic N) is 3. The van der Waals surface area contributed by atoms with Gasteiger partial charge in [0.15, 0.2) is 0 Å². The number of pyridine rings is 1. The highest BCUT2D eigenvalue weighted by atomic mass is 16.2. The highest BCUT2D eigenvalue weighted by Gasteiger charge is 2.26. The van der Waals surface area contributed by atoms with Crippen LogP contribution in [0.25, 0.3) is 22.2 Å². The van der Waals surface area contributed by atoms with Crippen LogP contribution in [-0.2, 0) is 4.79 Å². The standard InChI is InChI=1S/C21H28N6O/c1-21(2,3)10-18(28)27-8-5-15(6-9-27)26-19-16-4-7-22-20(16)23-13-17(19)14-11-24-25-12-14/h4,7,11-13,15H,5-6,8-10H2,1-3H3,(H,24,25)(H2,22,23,26). The first kappa shape index (κ1) is 18.5. The fourth-order valence-corrected chi connectivity index (χ4v) is 3.82. The summed E-state index contributed by atoms with van der Waals surface area (Å²) in [6, 6.07) is 2.38. The van der Waals surface area contributed by atoms with Crippen LogP contribution in [0.3, 0.4) is 0 Å². The van der Waals surface area contributed by atoms with Crippen LogP contribution in [0.4, 0.5) is 5.69 Å². The molecule has 3 aromatic rings. The SMILES string of the molecule is CC(C)(C)CC(=O)N1CCC(Nc2c(-c3cn[nH]c3)cnc3[nH]ccc23)CC1. The van der Waals surface area contributed by atoms with E-state index in [4.69, 9.17) is 0 Å². The van der Waals surface area contributed by atoms with Crippen molar-refractivity contribution in [2.24, 2.45) is 5.41 Å². The second-order valence-corrected chi connectivity index (χ2v) is 8.81. The molecule has 0 bridgehead atoms. The van der Waals surface area contributed by atoms with E-state index in [-0.39, 0.29) is 11.3 Å². The minimum Gasteiger partial charge on any atom is -0.381 e. The first-order valence-corrected chi connectivity index (χ1v) is 9.90. The van der Waals surface area contributed by atoms with Crippen LogP contribution in [0.15, 0.2) is 30.9 Å². The van der Waals surface area contributed by atoms with Gasteiger partial charge < -0.3 is 15.2 Å². The van der Waals surface area contributed by atoms with Crippen molar-refractivity contribution in [2.45, 2.75) is 46.1 Å². The summed E-state index contributed by atoms with van der Waals surface area (Å²) in [5, 5.41) is 11.8. The lowest BCUT2D eigenvalue weighted by molar-refractivity contribution is -0.134. The number of hydrogen-bond acceptors (Lipinski definition) is 4. The summed E-state index contributed by atoms with van der Waals surface area (Å²) in [5.74, 6) is 0.266. The van der Waals surface area contributed by atoms with Gasteiger partial charge in [0.1, 0.15) is 5.65 Å². The molecule has 1 fully saturated rings. The number of likely N-dealkylation sites (tertiary alicyclic amines) is 1. The number of piperidine rings is 1. The van der Waals surface area contributed by atoms with Gasteiger partial charge in [-0.2, -0.15) is 5.10 Å². The lowest BCUT2D eigenvalue weighted by Crippen LogP contribution is -2.43. The van der Waals surface area contributed by atoms with Gasteiger partial charge in [-0.1, -0.05) is 20.8 Å². The molecule has 1 saturated heterocycles. The summed E-state index contributed by atoms with van der Waals surface area (Å²) < 4.78 is 0. The fourth-order valence-electron chi connectivity index (χ4n) is 3.82. The number of amides is 1. The molecule has 0 aromatic carbocycles. The largest absolute Gasteiger partial charge is 0.381 e. The smallest absolute Gasteiger partial charge is 0.223 e. The Morgan fingerprint density at radius 2 is 2.07 bits per heavy atom. The van der Waals surface area contributed by atoms with Crippen LogP contribution in [0.2, 0.25) is 0 Å². The number of fused-ring (bicyclic) bond motifs is 1. The van der Waals surface area contributed by atoms with Crippen molar-refractivity contribution < 1.29 is 4.79 Å². The van der Waals surface area contributed by atoms with E-state index in [1.54, 1.807) is 0 Å². The highest BCUT2D eigenvalue weighted by molar-refractivity contribution is 5.98. The number of rotatable bonds is 4. The molecule has 0 aliphatic carbocycles. The van der Waals surface area contributed by atoms with Gasteiger partial charge in [0, 0.05) is 60.7 Å². The van der Waals surface area contributed by atoms with Crippen molar-refractivity contribution in [3.05, 3.63) is 30.9 Å². The van der Waals surface area contributed by atoms with Crippen LogP contribution in [0.5, 0.6) is 0 Å². The van der Waals surface area contributed by atoms with Gasteiger partial charge in [-0.05, 0) is 24.3 Å². The number of aromatic amines is 2. The van der Waals surface area contributed by atoms with Crippen molar-refractivity contribution in [2.75, 3.05) is 18.4 Å². The number of aromatic nitrogens is 4. The Labute approximate surface area is 164 Å². The number of nitrogens with one attached hydrogen (secondary N) is 3. The first-order valence-electron chi connectivity index (χ1n) is 9.90. The maximum absolute atomic E-state index is 12.5. The summed E-state index contributed by atoms with van der Waals surface area (Å²) in [6.07, 6.45) is 9.97. The molecular weight excluding hydrogens is 352 g/mol. The number of carbonyl (C=O) groups is 1. The topological polar surface area (TPSA) is 89.7 Å². The zero-order chi connectivity index (χ0) is 19.7. The van der Waals surface area contributed by atoms with Crippen molar-refractivity contribution >= 4 is 22.6 Å². The quantitative estimate of drug-likeness (QED) is 0.642. The van der Waals surface area contributed by atoms with Crippen LogP contribution >= 0.6 is 0 Å². The lowest BCUT2D eigenvalue weighted by Gasteiger charge is -2.34. The van der Waals surface area contributed by atoms with Gasteiger partial charge in [0.2, 0.25) is 5.91 Å². The molecule has 0 atom stereocenters. The molecule has 4 rings (SSSR count). The van der Waals surface area contributed by atoms with E-state index in [2.05, 4.69) is 52.3 Å². The first-order chi connectivity index (χ1) is 13.4. The molecule has 7 heteroatoms. The predicted molar refractivity (Wildman–Crippen MR) is 111 cm³/mol. The molecule has 3 N–H and O–H groups in total. The molecule has 28 heavy (non-hydrogen) atoms. The van der Waals surface area contributed by atoms with E-state index in [0.29, 0.717) is 12.5 Å². The van der Waals surface area contributed by atoms with Gasteiger partial charge >= 0.3 is 0 Å². The Morgan fingerprint density at radius 3 is 2.75 bits per heavy atom. The van der Waals surface area contributed by atoms with E-state index in [9.17, 15) is 4.79 Å². The summed E-state index contributed by atoms with van der Waals surface area (Å²) >= 11 is 0. The van der Waals surface area contributed by atoms with Crippen molar-refractivity contribution in [1.29, 1.82) is 0 Å². The highest BCUT2D eigenvalue weighted by Crippen LogP contribution is 2.34. The Bertz CT molecular complexity index is 945. The number of hydrogen-bond donors (Lipinski definition) is 3. The van der Waals surface area contributed by atoms with E-state index < -0.39 is 0 Å². The molecule has 1 amide bonds. The van der Waals surface area contributed by atoms with Crippen molar-refractivity contribution in [1.82, 2.24) is 25.1 Å². The molecule has 3 aromatic heterocycles. The summed E-state index contributed by atoms with van der Waals surface area (Å²) in [7, 11) is 0. The minimum atomic E-state index is 0.0304. The normalized spacial score (nSPS) is 15.9. The molecule has 148 valence electrons. The van der Waals surface area contributed by atoms with E-state index in [1.807, 2.05) is 29.7 Å². The third-order valence-corrected chi connectivity index (χ3v) is 5.27. The molecule has 7 nitrogen and oxygen atoms in total. The van der Waals surface area contributed by atoms with Crippen LogP contribution in [-0.4, -0.2) is 50.1 Å². The summed E-state index contributed by atoms with van der Waals surface area (Å²) in [4.78, 5) is 22.2. The van der Waals surface area contributed by atoms with Crippen LogP contribution < -0.4 is 5.32 Å². The van der Waals surface area contributed by atoms with Crippen LogP contribution in [0.1, 0.15) is 40.0 Å². The Kier molecular flexibility index (Phi) is 4.83. The summed E-state index contributed by atoms with van der Waals surface area (Å²) in [5.41, 5.74) is 4.02. The van der Waals surface area contributed by atoms with E-state index in [0.717, 1.165) is 53.8 Å². The van der Waals surface area contributed by atoms with Gasteiger partial charge in [-0.15, -0.1) is 0 Å². The number of anilines is 1. The molecule has 1 aliphatic heterocycles. The van der Waals surface area contributed by atoms with Gasteiger partial charge in [0.05, 0.1) is 11.9 Å². The zero-order valence-corrected chi connectivity index (χ0v) is 16.7. The number of carbonyl (C=O) groups excluding carboxylic acids is 1. The second kappa shape index (κ2) is 7.30. The second-order valence-electron chi connectivity index (χ2n) is 8.81. The predicted octanol–water partition coefficient (Wildman–Crippen LogP) is 3.79. The fraction of sp³-hybridized carbons (Fsp3) is 0.476. The summed E-state index contributed by atoms with van der Waals surface area (Å²) in [6.45, 7) is 7.94. The van der Waals surface area contributed by atoms with Gasteiger partial charge in [0.25, 0.3) is 0 Å². The van der Waals surface area contributed by atoms with Gasteiger partial charge in [-0.25, -0.2) is 4.98 Å². The van der Waals surface area contributed by atoms with E-state index >= 15 is 0 Å². The Balaban J connectivity index is 1.50. The third kappa shape index (κ3) is 3.88. The molecular formula is C21H28N6O. The zero-order valence-electron chi connectivity index (χ0n) is 16.7. The molecule has 0 unspecified atom stereocenters. The molecule has 0 radical (unpaired) electrons. The average molecular weight is 380 g/mol. The maximum Gasteiger partial charge on any atom is 0.223 e. The monoisotopic (exact) mass is 380 g/mol. The molecule has 0 saturated carbocycles. The van der Waals surface area contributed by atoms with Crippen molar-refractivity contribution in [3.8, 4) is 11.1 Å². The third-order valence-electron chi connectivity index (χ3n) is 5.27. The lowest BCUT2D eigenvalue weighted by atomic mass is 9.91. The van der Waals surface area contributed by atoms with E-state index in [1.165, 1.54) is 0 Å². The van der Waals surface area contributed by atoms with Crippen molar-refractivity contribution in [3.63, 3.8) is 0 Å². The number of H-pyrrole nitrogens is 2. The molecule has 1 aliphatic rings. The molecule has 4 heterocycles.